The van der Waals surface area contributed by atoms with Gasteiger partial charge in [0.1, 0.15) is 18.3 Å². The molecule has 0 atom stereocenters. The second-order valence-corrected chi connectivity index (χ2v) is 9.49. The van der Waals surface area contributed by atoms with Gasteiger partial charge in [0.25, 0.3) is 5.91 Å². The van der Waals surface area contributed by atoms with Crippen molar-refractivity contribution in [1.29, 1.82) is 0 Å². The Hall–Kier alpha value is -3.04. The molecule has 8 nitrogen and oxygen atoms in total. The number of likely N-dealkylation sites (tertiary alicyclic amines) is 1. The molecule has 10 heteroatoms. The summed E-state index contributed by atoms with van der Waals surface area (Å²) in [5.41, 5.74) is 3.62. The zero-order chi connectivity index (χ0) is 25.7. The van der Waals surface area contributed by atoms with Crippen LogP contribution in [0.25, 0.3) is 0 Å². The van der Waals surface area contributed by atoms with Gasteiger partial charge in [-0.3, -0.25) is 14.9 Å². The maximum Gasteiger partial charge on any atom is 0.359 e. The molecular formula is C26H27Cl2N3O5. The molecule has 190 valence electrons. The molecule has 4 rings (SSSR count). The highest BCUT2D eigenvalue weighted by Crippen LogP contribution is 2.30. The lowest BCUT2D eigenvalue weighted by Gasteiger charge is -2.31. The number of carbonyl (C=O) groups excluding carboxylic acids is 2. The molecule has 0 saturated carbocycles. The number of carbonyl (C=O) groups is 2. The summed E-state index contributed by atoms with van der Waals surface area (Å²) in [6.07, 6.45) is 2.56. The minimum absolute atomic E-state index is 0.00434. The zero-order valence-corrected chi connectivity index (χ0v) is 21.3. The summed E-state index contributed by atoms with van der Waals surface area (Å²) in [7, 11) is 1.61. The van der Waals surface area contributed by atoms with Crippen molar-refractivity contribution in [3.05, 3.63) is 87.2 Å². The maximum atomic E-state index is 13.2. The minimum atomic E-state index is -0.803. The number of aryl methyl sites for hydroxylation is 1. The molecule has 1 amide bonds. The van der Waals surface area contributed by atoms with Crippen molar-refractivity contribution in [3.63, 3.8) is 0 Å². The highest BCUT2D eigenvalue weighted by molar-refractivity contribution is 6.42. The van der Waals surface area contributed by atoms with Gasteiger partial charge >= 0.3 is 5.97 Å². The number of hydrogen-bond acceptors (Lipinski definition) is 6. The zero-order valence-electron chi connectivity index (χ0n) is 19.7. The Labute approximate surface area is 219 Å². The number of aromatic nitrogens is 1. The van der Waals surface area contributed by atoms with Gasteiger partial charge in [-0.15, -0.1) is 0 Å². The third-order valence-electron chi connectivity index (χ3n) is 6.10. The van der Waals surface area contributed by atoms with Gasteiger partial charge in [-0.25, -0.2) is 10.3 Å². The molecule has 0 radical (unpaired) electrons. The van der Waals surface area contributed by atoms with E-state index >= 15 is 0 Å². The quantitative estimate of drug-likeness (QED) is 0.245. The van der Waals surface area contributed by atoms with Crippen molar-refractivity contribution in [2.45, 2.75) is 32.1 Å². The lowest BCUT2D eigenvalue weighted by Crippen LogP contribution is -2.37. The molecule has 0 spiro atoms. The fraction of sp³-hybridized carbons (Fsp3) is 0.308. The van der Waals surface area contributed by atoms with E-state index in [1.54, 1.807) is 30.7 Å². The number of nitrogens with zero attached hydrogens (tertiary/aromatic N) is 2. The summed E-state index contributed by atoms with van der Waals surface area (Å²) >= 11 is 12.1. The van der Waals surface area contributed by atoms with E-state index in [2.05, 4.69) is 17.0 Å². The molecule has 1 aliphatic rings. The molecule has 0 bridgehead atoms. The average molecular weight is 532 g/mol. The van der Waals surface area contributed by atoms with Crippen molar-refractivity contribution >= 4 is 35.1 Å². The first-order chi connectivity index (χ1) is 17.4. The summed E-state index contributed by atoms with van der Waals surface area (Å²) < 4.78 is 13.2. The van der Waals surface area contributed by atoms with Gasteiger partial charge in [0, 0.05) is 32.9 Å². The summed E-state index contributed by atoms with van der Waals surface area (Å²) in [5, 5.41) is 9.94. The third kappa shape index (κ3) is 6.20. The number of hydroxylamine groups is 1. The smallest absolute Gasteiger partial charge is 0.359 e. The number of amides is 1. The molecule has 0 unspecified atom stereocenters. The van der Waals surface area contributed by atoms with Crippen LogP contribution in [0, 0.1) is 0 Å². The molecule has 2 aromatic carbocycles. The highest BCUT2D eigenvalue weighted by atomic mass is 35.5. The number of hydrogen-bond donors (Lipinski definition) is 2. The summed E-state index contributed by atoms with van der Waals surface area (Å²) in [5.74, 6) is -1.38. The molecule has 36 heavy (non-hydrogen) atoms. The second-order valence-electron chi connectivity index (χ2n) is 8.68. The number of esters is 1. The highest BCUT2D eigenvalue weighted by Gasteiger charge is 2.30. The molecule has 3 aromatic rings. The first-order valence-electron chi connectivity index (χ1n) is 11.5. The Balaban J connectivity index is 1.44. The average Bonchev–Trinajstić information content (AvgIpc) is 3.22. The Morgan fingerprint density at radius 1 is 1.06 bits per heavy atom. The van der Waals surface area contributed by atoms with Crippen LogP contribution in [0.1, 0.15) is 44.8 Å². The number of nitrogens with one attached hydrogen (secondary N) is 1. The van der Waals surface area contributed by atoms with Crippen LogP contribution in [-0.4, -0.2) is 45.7 Å². The Morgan fingerprint density at radius 3 is 2.44 bits per heavy atom. The van der Waals surface area contributed by atoms with Crippen LogP contribution in [-0.2, 0) is 24.9 Å². The molecule has 2 N–H and O–H groups in total. The third-order valence-corrected chi connectivity index (χ3v) is 6.84. The van der Waals surface area contributed by atoms with Crippen molar-refractivity contribution in [2.24, 2.45) is 7.05 Å². The van der Waals surface area contributed by atoms with Crippen LogP contribution in [0.3, 0.4) is 0 Å². The van der Waals surface area contributed by atoms with Crippen molar-refractivity contribution < 1.29 is 24.3 Å². The van der Waals surface area contributed by atoms with Crippen molar-refractivity contribution in [3.8, 4) is 5.75 Å². The van der Waals surface area contributed by atoms with Gasteiger partial charge in [-0.1, -0.05) is 59.6 Å². The van der Waals surface area contributed by atoms with Gasteiger partial charge < -0.3 is 14.0 Å². The molecule has 2 heterocycles. The van der Waals surface area contributed by atoms with Crippen molar-refractivity contribution in [2.75, 3.05) is 13.1 Å². The largest absolute Gasteiger partial charge is 0.486 e. The first-order valence-corrected chi connectivity index (χ1v) is 12.3. The number of halogens is 2. The predicted octanol–water partition coefficient (Wildman–Crippen LogP) is 4.85. The van der Waals surface area contributed by atoms with E-state index in [4.69, 9.17) is 32.7 Å². The Bertz CT molecular complexity index is 1220. The van der Waals surface area contributed by atoms with Crippen LogP contribution in [0.4, 0.5) is 0 Å². The van der Waals surface area contributed by atoms with Gasteiger partial charge in [0.05, 0.1) is 10.0 Å². The van der Waals surface area contributed by atoms with E-state index in [1.807, 2.05) is 18.2 Å². The summed E-state index contributed by atoms with van der Waals surface area (Å²) in [6, 6.07) is 15.2. The predicted molar refractivity (Wildman–Crippen MR) is 136 cm³/mol. The monoisotopic (exact) mass is 531 g/mol. The second kappa shape index (κ2) is 11.8. The van der Waals surface area contributed by atoms with Crippen LogP contribution in [0.5, 0.6) is 5.75 Å². The SMILES string of the molecule is Cn1cc(C(=O)NO)c(OCc2ccc(Cl)c(Cl)c2)c1C(=O)OC1CCN(Cc2ccccc2)CC1. The van der Waals surface area contributed by atoms with Crippen molar-refractivity contribution in [1.82, 2.24) is 14.9 Å². The molecule has 0 aliphatic carbocycles. The topological polar surface area (TPSA) is 93.0 Å². The van der Waals surface area contributed by atoms with Gasteiger partial charge in [-0.2, -0.15) is 0 Å². The molecular weight excluding hydrogens is 505 g/mol. The minimum Gasteiger partial charge on any atom is -0.486 e. The Morgan fingerprint density at radius 2 is 1.78 bits per heavy atom. The normalized spacial score (nSPS) is 14.4. The maximum absolute atomic E-state index is 13.2. The van der Waals surface area contributed by atoms with E-state index in [0.717, 1.165) is 19.6 Å². The van der Waals surface area contributed by atoms with E-state index < -0.39 is 11.9 Å². The molecule has 1 fully saturated rings. The van der Waals surface area contributed by atoms with Gasteiger partial charge in [0.2, 0.25) is 0 Å². The molecule has 1 saturated heterocycles. The number of ether oxygens (including phenoxy) is 2. The summed E-state index contributed by atoms with van der Waals surface area (Å²) in [4.78, 5) is 27.8. The lowest BCUT2D eigenvalue weighted by atomic mass is 10.1. The van der Waals surface area contributed by atoms with E-state index in [0.29, 0.717) is 28.5 Å². The first kappa shape index (κ1) is 26.0. The van der Waals surface area contributed by atoms with E-state index in [1.165, 1.54) is 16.3 Å². The Kier molecular flexibility index (Phi) is 8.53. The van der Waals surface area contributed by atoms with Gasteiger partial charge in [-0.05, 0) is 36.1 Å². The molecule has 1 aromatic heterocycles. The van der Waals surface area contributed by atoms with Crippen LogP contribution in [0.15, 0.2) is 54.7 Å². The summed E-state index contributed by atoms with van der Waals surface area (Å²) in [6.45, 7) is 2.48. The van der Waals surface area contributed by atoms with Crippen LogP contribution in [0.2, 0.25) is 10.0 Å². The van der Waals surface area contributed by atoms with Gasteiger partial charge in [0.15, 0.2) is 11.4 Å². The van der Waals surface area contributed by atoms with E-state index in [-0.39, 0.29) is 29.7 Å². The number of piperidine rings is 1. The van der Waals surface area contributed by atoms with Crippen LogP contribution >= 0.6 is 23.2 Å². The number of benzene rings is 2. The van der Waals surface area contributed by atoms with Crippen LogP contribution < -0.4 is 10.2 Å². The fourth-order valence-electron chi connectivity index (χ4n) is 4.23. The molecule has 1 aliphatic heterocycles. The standard InChI is InChI=1S/C26H27Cl2N3O5/c1-30-15-20(25(32)29-34)24(35-16-18-7-8-21(27)22(28)13-18)23(30)26(33)36-19-9-11-31(12-10-19)14-17-5-3-2-4-6-17/h2-8,13,15,19,34H,9-12,14,16H2,1H3,(H,29,32). The fourth-order valence-corrected chi connectivity index (χ4v) is 4.55. The number of rotatable bonds is 8. The lowest BCUT2D eigenvalue weighted by molar-refractivity contribution is 0.00906. The van der Waals surface area contributed by atoms with E-state index in [9.17, 15) is 14.8 Å².